The van der Waals surface area contributed by atoms with E-state index in [-0.39, 0.29) is 12.1 Å². The van der Waals surface area contributed by atoms with Crippen LogP contribution in [0.3, 0.4) is 0 Å². The van der Waals surface area contributed by atoms with E-state index in [9.17, 15) is 0 Å². The Kier molecular flexibility index (Phi) is 5.13. The minimum Gasteiger partial charge on any atom is -0.375 e. The smallest absolute Gasteiger partial charge is 0.0835 e. The van der Waals surface area contributed by atoms with E-state index in [1.165, 1.54) is 5.56 Å². The lowest BCUT2D eigenvalue weighted by molar-refractivity contribution is 0.0472. The Bertz CT molecular complexity index is 341. The average molecular weight is 273 g/mol. The molecule has 1 aromatic rings. The lowest BCUT2D eigenvalue weighted by Gasteiger charge is -2.29. The van der Waals surface area contributed by atoms with Gasteiger partial charge in [-0.1, -0.05) is 23.7 Å². The van der Waals surface area contributed by atoms with Crippen molar-refractivity contribution in [2.24, 2.45) is 5.84 Å². The molecular weight excluding hydrogens is 256 g/mol. The molecule has 0 saturated carbocycles. The second-order valence-corrected chi connectivity index (χ2v) is 5.67. The molecule has 94 valence electrons. The highest BCUT2D eigenvalue weighted by Gasteiger charge is 2.24. The average Bonchev–Trinajstić information content (AvgIpc) is 2.39. The molecule has 1 aliphatic heterocycles. The van der Waals surface area contributed by atoms with Gasteiger partial charge in [0.2, 0.25) is 0 Å². The molecule has 0 amide bonds. The number of halogens is 1. The van der Waals surface area contributed by atoms with Crippen molar-refractivity contribution < 1.29 is 4.74 Å². The molecule has 1 aliphatic rings. The largest absolute Gasteiger partial charge is 0.375 e. The highest BCUT2D eigenvalue weighted by atomic mass is 35.5. The van der Waals surface area contributed by atoms with Gasteiger partial charge in [-0.25, -0.2) is 0 Å². The highest BCUT2D eigenvalue weighted by Crippen LogP contribution is 2.18. The Morgan fingerprint density at radius 2 is 2.24 bits per heavy atom. The summed E-state index contributed by atoms with van der Waals surface area (Å²) in [6.45, 7) is 0.814. The zero-order valence-electron chi connectivity index (χ0n) is 9.56. The number of nitrogens with two attached hydrogens (primary N) is 1. The van der Waals surface area contributed by atoms with Crippen molar-refractivity contribution in [1.29, 1.82) is 0 Å². The van der Waals surface area contributed by atoms with Gasteiger partial charge in [-0.15, -0.1) is 0 Å². The van der Waals surface area contributed by atoms with Gasteiger partial charge in [0.25, 0.3) is 0 Å². The van der Waals surface area contributed by atoms with Crippen LogP contribution < -0.4 is 11.3 Å². The van der Waals surface area contributed by atoms with Crippen LogP contribution in [-0.4, -0.2) is 30.3 Å². The van der Waals surface area contributed by atoms with Gasteiger partial charge in [0.15, 0.2) is 0 Å². The fraction of sp³-hybridized carbons (Fsp3) is 0.500. The number of ether oxygens (including phenoxy) is 1. The van der Waals surface area contributed by atoms with Crippen LogP contribution >= 0.6 is 23.4 Å². The van der Waals surface area contributed by atoms with E-state index in [0.29, 0.717) is 0 Å². The molecule has 0 radical (unpaired) electrons. The summed E-state index contributed by atoms with van der Waals surface area (Å²) in [5.74, 6) is 7.70. The van der Waals surface area contributed by atoms with Crippen molar-refractivity contribution >= 4 is 23.4 Å². The predicted octanol–water partition coefficient (Wildman–Crippen LogP) is 1.85. The minimum atomic E-state index is 0.156. The number of rotatable bonds is 4. The Morgan fingerprint density at radius 3 is 2.82 bits per heavy atom. The van der Waals surface area contributed by atoms with Crippen LogP contribution in [0.5, 0.6) is 0 Å². The van der Waals surface area contributed by atoms with Crippen molar-refractivity contribution in [1.82, 2.24) is 5.43 Å². The summed E-state index contributed by atoms with van der Waals surface area (Å²) in [4.78, 5) is 0. The molecule has 0 spiro atoms. The van der Waals surface area contributed by atoms with E-state index in [1.54, 1.807) is 0 Å². The third-order valence-corrected chi connectivity index (χ3v) is 4.15. The van der Waals surface area contributed by atoms with Crippen LogP contribution in [0, 0.1) is 0 Å². The summed E-state index contributed by atoms with van der Waals surface area (Å²) in [5.41, 5.74) is 4.08. The number of nitrogens with one attached hydrogen (secondary N) is 1. The zero-order valence-corrected chi connectivity index (χ0v) is 11.1. The molecule has 1 fully saturated rings. The van der Waals surface area contributed by atoms with Crippen LogP contribution in [0.25, 0.3) is 0 Å². The van der Waals surface area contributed by atoms with Crippen molar-refractivity contribution in [3.8, 4) is 0 Å². The first-order valence-corrected chi connectivity index (χ1v) is 7.23. The first kappa shape index (κ1) is 13.2. The number of hydrogen-bond acceptors (Lipinski definition) is 4. The molecule has 5 heteroatoms. The Labute approximate surface area is 111 Å². The van der Waals surface area contributed by atoms with Gasteiger partial charge in [0, 0.05) is 16.5 Å². The fourth-order valence-corrected chi connectivity index (χ4v) is 2.98. The van der Waals surface area contributed by atoms with Gasteiger partial charge in [0.1, 0.15) is 0 Å². The quantitative estimate of drug-likeness (QED) is 0.649. The predicted molar refractivity (Wildman–Crippen MR) is 73.3 cm³/mol. The number of hydrogen-bond donors (Lipinski definition) is 2. The van der Waals surface area contributed by atoms with E-state index in [2.05, 4.69) is 5.43 Å². The molecule has 3 nitrogen and oxygen atoms in total. The Morgan fingerprint density at radius 1 is 1.47 bits per heavy atom. The molecule has 2 unspecified atom stereocenters. The molecule has 2 atom stereocenters. The Balaban J connectivity index is 1.96. The molecule has 0 bridgehead atoms. The van der Waals surface area contributed by atoms with E-state index in [4.69, 9.17) is 22.2 Å². The summed E-state index contributed by atoms with van der Waals surface area (Å²) in [5, 5.41) is 0.760. The van der Waals surface area contributed by atoms with Crippen molar-refractivity contribution in [3.63, 3.8) is 0 Å². The van der Waals surface area contributed by atoms with Crippen LogP contribution in [0.2, 0.25) is 5.02 Å². The monoisotopic (exact) mass is 272 g/mol. The summed E-state index contributed by atoms with van der Waals surface area (Å²) >= 11 is 7.78. The molecule has 1 saturated heterocycles. The summed E-state index contributed by atoms with van der Waals surface area (Å²) in [6.07, 6.45) is 1.05. The van der Waals surface area contributed by atoms with Crippen molar-refractivity contribution in [2.45, 2.75) is 18.6 Å². The highest BCUT2D eigenvalue weighted by molar-refractivity contribution is 7.99. The molecular formula is C12H17ClN2OS. The second kappa shape index (κ2) is 6.61. The van der Waals surface area contributed by atoms with Crippen molar-refractivity contribution in [3.05, 3.63) is 34.9 Å². The van der Waals surface area contributed by atoms with Crippen molar-refractivity contribution in [2.75, 3.05) is 18.1 Å². The minimum absolute atomic E-state index is 0.156. The third kappa shape index (κ3) is 3.86. The first-order valence-electron chi connectivity index (χ1n) is 5.69. The maximum Gasteiger partial charge on any atom is 0.0835 e. The van der Waals surface area contributed by atoms with Gasteiger partial charge in [0.05, 0.1) is 18.8 Å². The summed E-state index contributed by atoms with van der Waals surface area (Å²) in [7, 11) is 0. The van der Waals surface area contributed by atoms with E-state index >= 15 is 0 Å². The zero-order chi connectivity index (χ0) is 12.1. The maximum absolute atomic E-state index is 5.86. The van der Waals surface area contributed by atoms with Gasteiger partial charge < -0.3 is 4.74 Å². The molecule has 3 N–H and O–H groups in total. The van der Waals surface area contributed by atoms with E-state index < -0.39 is 0 Å². The van der Waals surface area contributed by atoms with Gasteiger partial charge in [-0.05, 0) is 24.1 Å². The Hall–Kier alpha value is -0.260. The lowest BCUT2D eigenvalue weighted by Crippen LogP contribution is -2.49. The topological polar surface area (TPSA) is 47.3 Å². The molecule has 0 aliphatic carbocycles. The van der Waals surface area contributed by atoms with E-state index in [1.807, 2.05) is 36.0 Å². The summed E-state index contributed by atoms with van der Waals surface area (Å²) in [6, 6.07) is 8.02. The van der Waals surface area contributed by atoms with Crippen LogP contribution in [0.1, 0.15) is 5.56 Å². The normalized spacial score (nSPS) is 22.4. The lowest BCUT2D eigenvalue weighted by atomic mass is 10.0. The third-order valence-electron chi connectivity index (χ3n) is 2.87. The SMILES string of the molecule is NNC(Cc1ccc(Cl)cc1)C1CSCCO1. The van der Waals surface area contributed by atoms with Gasteiger partial charge in [-0.3, -0.25) is 11.3 Å². The maximum atomic E-state index is 5.86. The number of hydrazine groups is 1. The standard InChI is InChI=1S/C12H17ClN2OS/c13-10-3-1-9(2-4-10)7-11(15-14)12-8-17-6-5-16-12/h1-4,11-12,15H,5-8,14H2. The summed E-state index contributed by atoms with van der Waals surface area (Å²) < 4.78 is 5.74. The van der Waals surface area contributed by atoms with Gasteiger partial charge >= 0.3 is 0 Å². The van der Waals surface area contributed by atoms with E-state index in [0.717, 1.165) is 29.6 Å². The van der Waals surface area contributed by atoms with Crippen LogP contribution in [-0.2, 0) is 11.2 Å². The van der Waals surface area contributed by atoms with Crippen LogP contribution in [0.4, 0.5) is 0 Å². The van der Waals surface area contributed by atoms with Crippen LogP contribution in [0.15, 0.2) is 24.3 Å². The molecule has 0 aromatic heterocycles. The van der Waals surface area contributed by atoms with Gasteiger partial charge in [-0.2, -0.15) is 11.8 Å². The second-order valence-electron chi connectivity index (χ2n) is 4.09. The number of benzene rings is 1. The molecule has 2 rings (SSSR count). The molecule has 1 heterocycles. The molecule has 17 heavy (non-hydrogen) atoms. The molecule has 1 aromatic carbocycles. The fourth-order valence-electron chi connectivity index (χ4n) is 1.91. The number of thioether (sulfide) groups is 1. The first-order chi connectivity index (χ1) is 8.29.